The molecule has 2 aromatic rings. The highest BCUT2D eigenvalue weighted by atomic mass is 35.5. The molecule has 0 bridgehead atoms. The van der Waals surface area contributed by atoms with Crippen molar-refractivity contribution in [2.45, 2.75) is 6.42 Å². The largest absolute Gasteiger partial charge is 0.452 e. The van der Waals surface area contributed by atoms with Crippen LogP contribution < -0.4 is 5.32 Å². The Morgan fingerprint density at radius 1 is 1.04 bits per heavy atom. The van der Waals surface area contributed by atoms with Crippen molar-refractivity contribution in [2.75, 3.05) is 13.2 Å². The summed E-state index contributed by atoms with van der Waals surface area (Å²) in [6.07, 6.45) is 3.51. The zero-order chi connectivity index (χ0) is 18.1. The number of benzene rings is 2. The van der Waals surface area contributed by atoms with Gasteiger partial charge >= 0.3 is 5.97 Å². The van der Waals surface area contributed by atoms with Gasteiger partial charge in [-0.3, -0.25) is 4.79 Å². The van der Waals surface area contributed by atoms with Gasteiger partial charge in [-0.2, -0.15) is 0 Å². The molecule has 1 N–H and O–H groups in total. The van der Waals surface area contributed by atoms with Crippen LogP contribution in [0.2, 0.25) is 10.0 Å². The van der Waals surface area contributed by atoms with E-state index in [1.54, 1.807) is 36.4 Å². The lowest BCUT2D eigenvalue weighted by atomic mass is 10.1. The summed E-state index contributed by atoms with van der Waals surface area (Å²) in [5.74, 6) is -0.935. The maximum Gasteiger partial charge on any atom is 0.331 e. The number of rotatable bonds is 7. The highest BCUT2D eigenvalue weighted by Crippen LogP contribution is 2.11. The van der Waals surface area contributed by atoms with Crippen molar-refractivity contribution in [2.24, 2.45) is 0 Å². The van der Waals surface area contributed by atoms with Gasteiger partial charge in [0.1, 0.15) is 0 Å². The van der Waals surface area contributed by atoms with Gasteiger partial charge in [-0.1, -0.05) is 47.5 Å². The Kier molecular flexibility index (Phi) is 7.51. The summed E-state index contributed by atoms with van der Waals surface area (Å²) >= 11 is 11.7. The van der Waals surface area contributed by atoms with E-state index in [0.29, 0.717) is 23.0 Å². The predicted octanol–water partition coefficient (Wildman–Crippen LogP) is 3.91. The number of carbonyl (C=O) groups excluding carboxylic acids is 2. The highest BCUT2D eigenvalue weighted by Gasteiger charge is 2.05. The lowest BCUT2D eigenvalue weighted by molar-refractivity contribution is -0.143. The molecule has 0 aliphatic heterocycles. The molecule has 0 saturated carbocycles. The third kappa shape index (κ3) is 7.42. The Hall–Kier alpha value is -2.30. The van der Waals surface area contributed by atoms with Gasteiger partial charge in [-0.25, -0.2) is 4.79 Å². The van der Waals surface area contributed by atoms with Crippen LogP contribution in [0, 0.1) is 0 Å². The van der Waals surface area contributed by atoms with E-state index in [1.807, 2.05) is 18.2 Å². The molecule has 2 rings (SSSR count). The number of carbonyl (C=O) groups is 2. The van der Waals surface area contributed by atoms with E-state index in [2.05, 4.69) is 5.32 Å². The van der Waals surface area contributed by atoms with Crippen molar-refractivity contribution in [1.82, 2.24) is 5.32 Å². The second-order valence-corrected chi connectivity index (χ2v) is 6.10. The second kappa shape index (κ2) is 9.87. The smallest absolute Gasteiger partial charge is 0.331 e. The quantitative estimate of drug-likeness (QED) is 0.587. The summed E-state index contributed by atoms with van der Waals surface area (Å²) in [5.41, 5.74) is 1.84. The molecule has 0 spiro atoms. The van der Waals surface area contributed by atoms with Crippen LogP contribution >= 0.6 is 23.2 Å². The van der Waals surface area contributed by atoms with Crippen LogP contribution in [0.15, 0.2) is 54.6 Å². The average molecular weight is 378 g/mol. The minimum atomic E-state index is -0.583. The van der Waals surface area contributed by atoms with Crippen molar-refractivity contribution in [3.8, 4) is 0 Å². The summed E-state index contributed by atoms with van der Waals surface area (Å²) in [6, 6.07) is 14.4. The molecule has 1 amide bonds. The third-order valence-electron chi connectivity index (χ3n) is 3.25. The maximum atomic E-state index is 11.7. The number of amides is 1. The predicted molar refractivity (Wildman–Crippen MR) is 99.6 cm³/mol. The summed E-state index contributed by atoms with van der Waals surface area (Å²) < 4.78 is 4.89. The van der Waals surface area contributed by atoms with E-state index < -0.39 is 5.97 Å². The van der Waals surface area contributed by atoms with Crippen LogP contribution in [0.5, 0.6) is 0 Å². The first kappa shape index (κ1) is 19.0. The van der Waals surface area contributed by atoms with Crippen LogP contribution in [0.1, 0.15) is 11.1 Å². The van der Waals surface area contributed by atoms with Crippen molar-refractivity contribution >= 4 is 41.2 Å². The van der Waals surface area contributed by atoms with Crippen LogP contribution in [0.4, 0.5) is 0 Å². The van der Waals surface area contributed by atoms with Crippen LogP contribution in [-0.2, 0) is 20.7 Å². The van der Waals surface area contributed by atoms with Crippen molar-refractivity contribution < 1.29 is 14.3 Å². The normalized spacial score (nSPS) is 10.6. The van der Waals surface area contributed by atoms with E-state index in [9.17, 15) is 9.59 Å². The van der Waals surface area contributed by atoms with Crippen molar-refractivity contribution in [3.05, 3.63) is 75.8 Å². The Morgan fingerprint density at radius 3 is 2.52 bits per heavy atom. The Balaban J connectivity index is 1.67. The van der Waals surface area contributed by atoms with Crippen molar-refractivity contribution in [3.63, 3.8) is 0 Å². The minimum absolute atomic E-state index is 0.320. The number of hydrogen-bond donors (Lipinski definition) is 1. The first-order valence-electron chi connectivity index (χ1n) is 7.64. The summed E-state index contributed by atoms with van der Waals surface area (Å²) in [6.45, 7) is 0.122. The molecule has 0 aliphatic rings. The summed E-state index contributed by atoms with van der Waals surface area (Å²) in [4.78, 5) is 23.3. The number of nitrogens with one attached hydrogen (secondary N) is 1. The fourth-order valence-electron chi connectivity index (χ4n) is 2.01. The molecule has 4 nitrogen and oxygen atoms in total. The fraction of sp³-hybridized carbons (Fsp3) is 0.158. The third-order valence-corrected chi connectivity index (χ3v) is 3.74. The van der Waals surface area contributed by atoms with Gasteiger partial charge in [0.25, 0.3) is 5.91 Å². The molecule has 0 atom stereocenters. The van der Waals surface area contributed by atoms with Gasteiger partial charge in [0.15, 0.2) is 6.61 Å². The van der Waals surface area contributed by atoms with E-state index >= 15 is 0 Å². The molecule has 0 fully saturated rings. The zero-order valence-corrected chi connectivity index (χ0v) is 14.9. The molecular formula is C19H17Cl2NO3. The fourth-order valence-corrected chi connectivity index (χ4v) is 2.35. The molecule has 0 radical (unpaired) electrons. The monoisotopic (exact) mass is 377 g/mol. The molecule has 0 unspecified atom stereocenters. The van der Waals surface area contributed by atoms with Crippen molar-refractivity contribution in [1.29, 1.82) is 0 Å². The Morgan fingerprint density at radius 2 is 1.80 bits per heavy atom. The molecule has 0 aromatic heterocycles. The van der Waals surface area contributed by atoms with Crippen LogP contribution in [-0.4, -0.2) is 25.0 Å². The van der Waals surface area contributed by atoms with Gasteiger partial charge in [0, 0.05) is 22.7 Å². The molecule has 6 heteroatoms. The summed E-state index contributed by atoms with van der Waals surface area (Å²) in [5, 5.41) is 3.97. The van der Waals surface area contributed by atoms with E-state index in [0.717, 1.165) is 11.1 Å². The lowest BCUT2D eigenvalue weighted by Gasteiger charge is -2.06. The van der Waals surface area contributed by atoms with Gasteiger partial charge in [-0.15, -0.1) is 0 Å². The molecule has 25 heavy (non-hydrogen) atoms. The number of hydrogen-bond acceptors (Lipinski definition) is 3. The van der Waals surface area contributed by atoms with Gasteiger partial charge < -0.3 is 10.1 Å². The molecule has 2 aromatic carbocycles. The molecule has 0 heterocycles. The number of ether oxygens (including phenoxy) is 1. The topological polar surface area (TPSA) is 55.4 Å². The Labute approximate surface area is 156 Å². The second-order valence-electron chi connectivity index (χ2n) is 5.22. The van der Waals surface area contributed by atoms with Gasteiger partial charge in [0.05, 0.1) is 0 Å². The number of esters is 1. The van der Waals surface area contributed by atoms with E-state index in [-0.39, 0.29) is 12.5 Å². The van der Waals surface area contributed by atoms with E-state index in [4.69, 9.17) is 27.9 Å². The minimum Gasteiger partial charge on any atom is -0.452 e. The van der Waals surface area contributed by atoms with Crippen LogP contribution in [0.25, 0.3) is 6.08 Å². The van der Waals surface area contributed by atoms with Crippen LogP contribution in [0.3, 0.4) is 0 Å². The van der Waals surface area contributed by atoms with Gasteiger partial charge in [-0.05, 0) is 47.9 Å². The zero-order valence-electron chi connectivity index (χ0n) is 13.4. The highest BCUT2D eigenvalue weighted by molar-refractivity contribution is 6.30. The lowest BCUT2D eigenvalue weighted by Crippen LogP contribution is -2.30. The average Bonchev–Trinajstić information content (AvgIpc) is 2.59. The number of halogens is 2. The first-order chi connectivity index (χ1) is 12.0. The standard InChI is InChI=1S/C19H17Cl2NO3/c20-16-7-4-14(5-8-16)6-9-19(24)25-13-18(23)22-11-10-15-2-1-3-17(21)12-15/h1-9,12H,10-11,13H2,(H,22,23)/b9-6+. The maximum absolute atomic E-state index is 11.7. The molecule has 0 saturated heterocycles. The van der Waals surface area contributed by atoms with Gasteiger partial charge in [0.2, 0.25) is 0 Å². The molecule has 0 aliphatic carbocycles. The Bertz CT molecular complexity index is 758. The van der Waals surface area contributed by atoms with E-state index in [1.165, 1.54) is 6.08 Å². The molecular weight excluding hydrogens is 361 g/mol. The summed E-state index contributed by atoms with van der Waals surface area (Å²) in [7, 11) is 0. The molecule has 130 valence electrons. The SMILES string of the molecule is O=C(COC(=O)/C=C/c1ccc(Cl)cc1)NCCc1cccc(Cl)c1. The first-order valence-corrected chi connectivity index (χ1v) is 8.40.